The van der Waals surface area contributed by atoms with Crippen LogP contribution in [0.3, 0.4) is 0 Å². The Morgan fingerprint density at radius 1 is 0.391 bits per heavy atom. The van der Waals surface area contributed by atoms with Crippen LogP contribution in [0.25, 0.3) is 64.2 Å². The molecule has 3 heteroatoms. The molecule has 0 aliphatic heterocycles. The van der Waals surface area contributed by atoms with Gasteiger partial charge in [-0.3, -0.25) is 0 Å². The van der Waals surface area contributed by atoms with E-state index in [2.05, 4.69) is 175 Å². The van der Waals surface area contributed by atoms with Crippen molar-refractivity contribution in [2.24, 2.45) is 0 Å². The molecule has 0 saturated carbocycles. The number of hydrogen-bond donors (Lipinski definition) is 0. The van der Waals surface area contributed by atoms with E-state index in [1.807, 2.05) is 0 Å². The molecule has 2 nitrogen and oxygen atoms in total. The van der Waals surface area contributed by atoms with E-state index in [1.54, 1.807) is 11.3 Å². The molecule has 0 aliphatic rings. The zero-order valence-electron chi connectivity index (χ0n) is 25.0. The summed E-state index contributed by atoms with van der Waals surface area (Å²) in [5.41, 5.74) is 8.02. The van der Waals surface area contributed by atoms with Gasteiger partial charge in [0, 0.05) is 33.4 Å². The first-order valence-corrected chi connectivity index (χ1v) is 16.4. The highest BCUT2D eigenvalue weighted by Gasteiger charge is 2.16. The summed E-state index contributed by atoms with van der Waals surface area (Å²) >= 11 is 1.78. The Labute approximate surface area is 271 Å². The second-order valence-corrected chi connectivity index (χ2v) is 12.6. The fourth-order valence-corrected chi connectivity index (χ4v) is 7.73. The van der Waals surface area contributed by atoms with Gasteiger partial charge in [-0.25, -0.2) is 4.98 Å². The van der Waals surface area contributed by atoms with Gasteiger partial charge in [0.15, 0.2) is 0 Å². The third-order valence-electron chi connectivity index (χ3n) is 8.85. The SMILES string of the molecule is c1ccc(-c2nc3c4ccccc4c4cc(-c5ccc(N(c6ccccc6)c6ccc7ccccc7c6)cc5)ccc4c3s2)cc1. The van der Waals surface area contributed by atoms with Crippen molar-refractivity contribution < 1.29 is 0 Å². The maximum Gasteiger partial charge on any atom is 0.124 e. The number of para-hydroxylation sites is 1. The fourth-order valence-electron chi connectivity index (χ4n) is 6.60. The minimum atomic E-state index is 1.06. The van der Waals surface area contributed by atoms with Gasteiger partial charge >= 0.3 is 0 Å². The minimum Gasteiger partial charge on any atom is -0.310 e. The van der Waals surface area contributed by atoms with E-state index >= 15 is 0 Å². The number of hydrogen-bond acceptors (Lipinski definition) is 3. The standard InChI is InChI=1S/C43H28N2S/c1-3-12-31(13-4-1)43-44-41-38-18-10-9-17-37(38)40-28-33(22-26-39(40)42(41)46-43)30-19-23-35(24-20-30)45(34-15-5-2-6-16-34)36-25-21-29-11-7-8-14-32(29)27-36/h1-28H. The lowest BCUT2D eigenvalue weighted by molar-refractivity contribution is 1.29. The second kappa shape index (κ2) is 11.0. The molecule has 0 unspecified atom stereocenters. The third-order valence-corrected chi connectivity index (χ3v) is 9.99. The summed E-state index contributed by atoms with van der Waals surface area (Å²) in [6, 6.07) is 60.8. The van der Waals surface area contributed by atoms with Gasteiger partial charge in [-0.05, 0) is 75.1 Å². The van der Waals surface area contributed by atoms with Crippen LogP contribution < -0.4 is 4.90 Å². The van der Waals surface area contributed by atoms with Crippen LogP contribution in [0.2, 0.25) is 0 Å². The van der Waals surface area contributed by atoms with Crippen molar-refractivity contribution >= 4 is 70.9 Å². The van der Waals surface area contributed by atoms with Gasteiger partial charge in [0.2, 0.25) is 0 Å². The van der Waals surface area contributed by atoms with Crippen molar-refractivity contribution in [1.82, 2.24) is 4.98 Å². The Kier molecular flexibility index (Phi) is 6.36. The van der Waals surface area contributed by atoms with Crippen LogP contribution in [0.4, 0.5) is 17.1 Å². The van der Waals surface area contributed by atoms with E-state index in [0.717, 1.165) is 33.1 Å². The first-order valence-electron chi connectivity index (χ1n) is 15.5. The van der Waals surface area contributed by atoms with E-state index < -0.39 is 0 Å². The monoisotopic (exact) mass is 604 g/mol. The number of fused-ring (bicyclic) bond motifs is 7. The minimum absolute atomic E-state index is 1.06. The highest BCUT2D eigenvalue weighted by Crippen LogP contribution is 2.42. The second-order valence-electron chi connectivity index (χ2n) is 11.6. The zero-order valence-corrected chi connectivity index (χ0v) is 25.8. The number of benzene rings is 8. The molecule has 9 rings (SSSR count). The number of anilines is 3. The normalized spacial score (nSPS) is 11.5. The summed E-state index contributed by atoms with van der Waals surface area (Å²) in [6.07, 6.45) is 0. The van der Waals surface area contributed by atoms with Crippen LogP contribution >= 0.6 is 11.3 Å². The molecule has 46 heavy (non-hydrogen) atoms. The van der Waals surface area contributed by atoms with Gasteiger partial charge in [-0.1, -0.05) is 127 Å². The molecule has 0 radical (unpaired) electrons. The topological polar surface area (TPSA) is 16.1 Å². The Balaban J connectivity index is 1.15. The maximum atomic E-state index is 5.15. The third kappa shape index (κ3) is 4.52. The molecule has 9 aromatic rings. The lowest BCUT2D eigenvalue weighted by atomic mass is 9.96. The van der Waals surface area contributed by atoms with Crippen molar-refractivity contribution in [3.63, 3.8) is 0 Å². The van der Waals surface area contributed by atoms with E-state index in [1.165, 1.54) is 48.1 Å². The molecule has 0 atom stereocenters. The molecular weight excluding hydrogens is 577 g/mol. The molecule has 0 fully saturated rings. The number of aromatic nitrogens is 1. The number of nitrogens with zero attached hydrogens (tertiary/aromatic N) is 2. The van der Waals surface area contributed by atoms with E-state index in [4.69, 9.17) is 4.98 Å². The van der Waals surface area contributed by atoms with Gasteiger partial charge in [0.05, 0.1) is 10.2 Å². The Morgan fingerprint density at radius 3 is 1.83 bits per heavy atom. The molecule has 8 aromatic carbocycles. The Morgan fingerprint density at radius 2 is 1.02 bits per heavy atom. The van der Waals surface area contributed by atoms with Crippen LogP contribution in [0, 0.1) is 0 Å². The molecule has 0 bridgehead atoms. The van der Waals surface area contributed by atoms with Crippen LogP contribution in [0.15, 0.2) is 170 Å². The zero-order chi connectivity index (χ0) is 30.5. The summed E-state index contributed by atoms with van der Waals surface area (Å²) in [5, 5.41) is 8.47. The van der Waals surface area contributed by atoms with Gasteiger partial charge in [0.25, 0.3) is 0 Å². The fraction of sp³-hybridized carbons (Fsp3) is 0. The van der Waals surface area contributed by atoms with Crippen LogP contribution in [0.1, 0.15) is 0 Å². The average Bonchev–Trinajstić information content (AvgIpc) is 3.59. The quantitative estimate of drug-likeness (QED) is 0.182. The first kappa shape index (κ1) is 26.6. The summed E-state index contributed by atoms with van der Waals surface area (Å²) in [4.78, 5) is 7.48. The summed E-state index contributed by atoms with van der Waals surface area (Å²) in [7, 11) is 0. The molecule has 0 saturated heterocycles. The smallest absolute Gasteiger partial charge is 0.124 e. The molecule has 0 N–H and O–H groups in total. The maximum absolute atomic E-state index is 5.15. The Bertz CT molecular complexity index is 2520. The van der Waals surface area contributed by atoms with Crippen molar-refractivity contribution in [1.29, 1.82) is 0 Å². The van der Waals surface area contributed by atoms with Gasteiger partial charge < -0.3 is 4.90 Å². The summed E-state index contributed by atoms with van der Waals surface area (Å²) in [5.74, 6) is 0. The van der Waals surface area contributed by atoms with Crippen molar-refractivity contribution in [2.75, 3.05) is 4.90 Å². The van der Waals surface area contributed by atoms with Crippen molar-refractivity contribution in [2.45, 2.75) is 0 Å². The molecule has 0 amide bonds. The van der Waals surface area contributed by atoms with Crippen LogP contribution in [-0.2, 0) is 0 Å². The largest absolute Gasteiger partial charge is 0.310 e. The highest BCUT2D eigenvalue weighted by atomic mass is 32.1. The van der Waals surface area contributed by atoms with Crippen molar-refractivity contribution in [3.8, 4) is 21.7 Å². The molecule has 1 heterocycles. The predicted molar refractivity (Wildman–Crippen MR) is 198 cm³/mol. The molecule has 216 valence electrons. The lowest BCUT2D eigenvalue weighted by Crippen LogP contribution is -2.09. The molecule has 0 aliphatic carbocycles. The van der Waals surface area contributed by atoms with E-state index in [0.29, 0.717) is 0 Å². The average molecular weight is 605 g/mol. The van der Waals surface area contributed by atoms with E-state index in [-0.39, 0.29) is 0 Å². The molecular formula is C43H28N2S. The summed E-state index contributed by atoms with van der Waals surface area (Å²) < 4.78 is 1.24. The summed E-state index contributed by atoms with van der Waals surface area (Å²) in [6.45, 7) is 0. The lowest BCUT2D eigenvalue weighted by Gasteiger charge is -2.26. The Hall–Kier alpha value is -5.77. The first-order chi connectivity index (χ1) is 22.8. The number of rotatable bonds is 5. The van der Waals surface area contributed by atoms with Gasteiger partial charge in [0.1, 0.15) is 5.01 Å². The molecule has 0 spiro atoms. The van der Waals surface area contributed by atoms with E-state index in [9.17, 15) is 0 Å². The van der Waals surface area contributed by atoms with Crippen molar-refractivity contribution in [3.05, 3.63) is 170 Å². The van der Waals surface area contributed by atoms with Crippen LogP contribution in [-0.4, -0.2) is 4.98 Å². The van der Waals surface area contributed by atoms with Crippen LogP contribution in [0.5, 0.6) is 0 Å². The highest BCUT2D eigenvalue weighted by molar-refractivity contribution is 7.22. The molecule has 1 aromatic heterocycles. The predicted octanol–water partition coefficient (Wildman–Crippen LogP) is 12.6. The number of thiazole rings is 1. The van der Waals surface area contributed by atoms with Gasteiger partial charge in [-0.2, -0.15) is 0 Å². The van der Waals surface area contributed by atoms with Gasteiger partial charge in [-0.15, -0.1) is 11.3 Å².